The molecule has 0 atom stereocenters. The Kier molecular flexibility index (Phi) is 5.05. The SMILES string of the molecule is COC(=O)c1ccc(OC(=O)Nc2ccc(F)c([N+](=O)[O-])c2)cc1. The maximum absolute atomic E-state index is 13.2. The van der Waals surface area contributed by atoms with Crippen LogP contribution < -0.4 is 10.1 Å². The van der Waals surface area contributed by atoms with E-state index in [0.717, 1.165) is 18.2 Å². The number of nitro groups is 1. The first-order valence-corrected chi connectivity index (χ1v) is 6.52. The molecule has 0 saturated heterocycles. The molecule has 2 aromatic rings. The van der Waals surface area contributed by atoms with Crippen LogP contribution in [0.15, 0.2) is 42.5 Å². The van der Waals surface area contributed by atoms with Gasteiger partial charge in [0.1, 0.15) is 5.75 Å². The van der Waals surface area contributed by atoms with Gasteiger partial charge in [-0.1, -0.05) is 0 Å². The number of methoxy groups -OCH3 is 1. The van der Waals surface area contributed by atoms with E-state index in [0.29, 0.717) is 0 Å². The molecular formula is C15H11FN2O6. The Labute approximate surface area is 135 Å². The van der Waals surface area contributed by atoms with Crippen molar-refractivity contribution in [3.8, 4) is 5.75 Å². The zero-order valence-corrected chi connectivity index (χ0v) is 12.3. The van der Waals surface area contributed by atoms with Crippen LogP contribution in [0, 0.1) is 15.9 Å². The van der Waals surface area contributed by atoms with Gasteiger partial charge in [-0.25, -0.2) is 9.59 Å². The topological polar surface area (TPSA) is 108 Å². The summed E-state index contributed by atoms with van der Waals surface area (Å²) in [5.41, 5.74) is -0.492. The van der Waals surface area contributed by atoms with E-state index in [-0.39, 0.29) is 17.0 Å². The van der Waals surface area contributed by atoms with Gasteiger partial charge in [0, 0.05) is 6.07 Å². The summed E-state index contributed by atoms with van der Waals surface area (Å²) in [5, 5.41) is 12.9. The highest BCUT2D eigenvalue weighted by Gasteiger charge is 2.16. The summed E-state index contributed by atoms with van der Waals surface area (Å²) >= 11 is 0. The van der Waals surface area contributed by atoms with Crippen LogP contribution in [0.4, 0.5) is 20.6 Å². The van der Waals surface area contributed by atoms with Crippen LogP contribution in [0.3, 0.4) is 0 Å². The molecule has 0 bridgehead atoms. The van der Waals surface area contributed by atoms with Gasteiger partial charge in [-0.3, -0.25) is 15.4 Å². The van der Waals surface area contributed by atoms with Crippen molar-refractivity contribution in [2.75, 3.05) is 12.4 Å². The van der Waals surface area contributed by atoms with Crippen molar-refractivity contribution in [3.63, 3.8) is 0 Å². The van der Waals surface area contributed by atoms with Gasteiger partial charge in [0.2, 0.25) is 5.82 Å². The lowest BCUT2D eigenvalue weighted by molar-refractivity contribution is -0.387. The van der Waals surface area contributed by atoms with Gasteiger partial charge < -0.3 is 9.47 Å². The molecule has 1 amide bonds. The molecule has 0 radical (unpaired) electrons. The second-order valence-corrected chi connectivity index (χ2v) is 4.45. The quantitative estimate of drug-likeness (QED) is 0.523. The fraction of sp³-hybridized carbons (Fsp3) is 0.0667. The third-order valence-corrected chi connectivity index (χ3v) is 2.88. The number of amides is 1. The highest BCUT2D eigenvalue weighted by molar-refractivity contribution is 5.90. The predicted molar refractivity (Wildman–Crippen MR) is 80.5 cm³/mol. The van der Waals surface area contributed by atoms with Gasteiger partial charge in [0.05, 0.1) is 23.3 Å². The van der Waals surface area contributed by atoms with Gasteiger partial charge in [-0.05, 0) is 36.4 Å². The van der Waals surface area contributed by atoms with E-state index in [4.69, 9.17) is 4.74 Å². The standard InChI is InChI=1S/C15H11FN2O6/c1-23-14(19)9-2-5-11(6-3-9)24-15(20)17-10-4-7-12(16)13(8-10)18(21)22/h2-8H,1H3,(H,17,20). The first kappa shape index (κ1) is 16.9. The molecule has 2 aromatic carbocycles. The summed E-state index contributed by atoms with van der Waals surface area (Å²) in [6.45, 7) is 0. The zero-order valence-electron chi connectivity index (χ0n) is 12.3. The largest absolute Gasteiger partial charge is 0.465 e. The van der Waals surface area contributed by atoms with Crippen LogP contribution in [-0.4, -0.2) is 24.1 Å². The zero-order chi connectivity index (χ0) is 17.7. The van der Waals surface area contributed by atoms with Crippen LogP contribution in [0.25, 0.3) is 0 Å². The Morgan fingerprint density at radius 2 is 1.83 bits per heavy atom. The van der Waals surface area contributed by atoms with Crippen molar-refractivity contribution in [2.24, 2.45) is 0 Å². The highest BCUT2D eigenvalue weighted by Crippen LogP contribution is 2.22. The maximum Gasteiger partial charge on any atom is 0.417 e. The molecule has 8 nitrogen and oxygen atoms in total. The van der Waals surface area contributed by atoms with E-state index in [1.807, 2.05) is 0 Å². The van der Waals surface area contributed by atoms with Gasteiger partial charge >= 0.3 is 17.7 Å². The van der Waals surface area contributed by atoms with Gasteiger partial charge in [-0.2, -0.15) is 4.39 Å². The molecule has 0 unspecified atom stereocenters. The maximum atomic E-state index is 13.2. The Morgan fingerprint density at radius 1 is 1.17 bits per heavy atom. The number of carbonyl (C=O) groups is 2. The number of halogens is 1. The van der Waals surface area contributed by atoms with Crippen molar-refractivity contribution in [3.05, 3.63) is 64.0 Å². The number of esters is 1. The molecule has 9 heteroatoms. The monoisotopic (exact) mass is 334 g/mol. The molecule has 1 N–H and O–H groups in total. The van der Waals surface area contributed by atoms with E-state index in [1.54, 1.807) is 0 Å². The number of nitrogens with zero attached hydrogens (tertiary/aromatic N) is 1. The molecule has 2 rings (SSSR count). The Balaban J connectivity index is 2.04. The summed E-state index contributed by atoms with van der Waals surface area (Å²) in [6.07, 6.45) is -0.929. The van der Waals surface area contributed by atoms with Crippen LogP contribution in [-0.2, 0) is 4.74 Å². The summed E-state index contributed by atoms with van der Waals surface area (Å²) in [5.74, 6) is -1.42. The number of hydrogen-bond acceptors (Lipinski definition) is 6. The van der Waals surface area contributed by atoms with Crippen LogP contribution >= 0.6 is 0 Å². The summed E-state index contributed by atoms with van der Waals surface area (Å²) in [4.78, 5) is 32.7. The van der Waals surface area contributed by atoms with Crippen LogP contribution in [0.5, 0.6) is 5.75 Å². The molecule has 0 aromatic heterocycles. The fourth-order valence-electron chi connectivity index (χ4n) is 1.76. The lowest BCUT2D eigenvalue weighted by Gasteiger charge is -2.07. The molecular weight excluding hydrogens is 323 g/mol. The molecule has 0 spiro atoms. The molecule has 0 aliphatic carbocycles. The number of nitrogens with one attached hydrogen (secondary N) is 1. The van der Waals surface area contributed by atoms with E-state index < -0.39 is 28.5 Å². The van der Waals surface area contributed by atoms with Crippen molar-refractivity contribution in [1.82, 2.24) is 0 Å². The van der Waals surface area contributed by atoms with Crippen LogP contribution in [0.1, 0.15) is 10.4 Å². The summed E-state index contributed by atoms with van der Waals surface area (Å²) in [6, 6.07) is 8.44. The molecule has 0 aliphatic rings. The molecule has 0 fully saturated rings. The first-order chi connectivity index (χ1) is 11.4. The minimum absolute atomic E-state index is 0.000666. The first-order valence-electron chi connectivity index (χ1n) is 6.52. The Morgan fingerprint density at radius 3 is 2.42 bits per heavy atom. The number of anilines is 1. The number of carbonyl (C=O) groups excluding carboxylic acids is 2. The lowest BCUT2D eigenvalue weighted by Crippen LogP contribution is -2.17. The van der Waals surface area contributed by atoms with Crippen molar-refractivity contribution in [1.29, 1.82) is 0 Å². The van der Waals surface area contributed by atoms with E-state index in [2.05, 4.69) is 10.1 Å². The molecule has 24 heavy (non-hydrogen) atoms. The summed E-state index contributed by atoms with van der Waals surface area (Å²) in [7, 11) is 1.24. The number of rotatable bonds is 4. The molecule has 0 aliphatic heterocycles. The van der Waals surface area contributed by atoms with Gasteiger partial charge in [0.15, 0.2) is 0 Å². The van der Waals surface area contributed by atoms with E-state index in [1.165, 1.54) is 31.4 Å². The number of nitro benzene ring substituents is 1. The minimum Gasteiger partial charge on any atom is -0.465 e. The highest BCUT2D eigenvalue weighted by atomic mass is 19.1. The number of benzene rings is 2. The van der Waals surface area contributed by atoms with Crippen molar-refractivity contribution in [2.45, 2.75) is 0 Å². The lowest BCUT2D eigenvalue weighted by atomic mass is 10.2. The number of hydrogen-bond donors (Lipinski definition) is 1. The second kappa shape index (κ2) is 7.18. The Bertz CT molecular complexity index is 791. The Hall–Kier alpha value is -3.49. The fourth-order valence-corrected chi connectivity index (χ4v) is 1.76. The van der Waals surface area contributed by atoms with Crippen molar-refractivity contribution >= 4 is 23.4 Å². The predicted octanol–water partition coefficient (Wildman–Crippen LogP) is 3.13. The van der Waals surface area contributed by atoms with Crippen molar-refractivity contribution < 1.29 is 28.4 Å². The average molecular weight is 334 g/mol. The summed E-state index contributed by atoms with van der Waals surface area (Å²) < 4.78 is 22.7. The smallest absolute Gasteiger partial charge is 0.417 e. The normalized spacial score (nSPS) is 9.92. The molecule has 0 saturated carbocycles. The average Bonchev–Trinajstić information content (AvgIpc) is 2.56. The molecule has 124 valence electrons. The van der Waals surface area contributed by atoms with E-state index >= 15 is 0 Å². The third kappa shape index (κ3) is 4.03. The van der Waals surface area contributed by atoms with E-state index in [9.17, 15) is 24.1 Å². The molecule has 0 heterocycles. The minimum atomic E-state index is -1.02. The second-order valence-electron chi connectivity index (χ2n) is 4.45. The van der Waals surface area contributed by atoms with Crippen LogP contribution in [0.2, 0.25) is 0 Å². The van der Waals surface area contributed by atoms with Gasteiger partial charge in [0.25, 0.3) is 0 Å². The third-order valence-electron chi connectivity index (χ3n) is 2.88. The number of ether oxygens (including phenoxy) is 2. The van der Waals surface area contributed by atoms with Gasteiger partial charge in [-0.15, -0.1) is 0 Å².